The normalized spacial score (nSPS) is 10.7. The SMILES string of the molecule is Cc1cc(C(=O)Nc2ccc3[nH]c(=O)[nH]c3c2)ccc1O. The highest BCUT2D eigenvalue weighted by molar-refractivity contribution is 6.05. The Kier molecular flexibility index (Phi) is 2.98. The first-order chi connectivity index (χ1) is 10.0. The highest BCUT2D eigenvalue weighted by Crippen LogP contribution is 2.19. The Labute approximate surface area is 119 Å². The van der Waals surface area contributed by atoms with Crippen LogP contribution in [0.1, 0.15) is 15.9 Å². The topological polar surface area (TPSA) is 98.0 Å². The first-order valence-electron chi connectivity index (χ1n) is 6.36. The van der Waals surface area contributed by atoms with Crippen molar-refractivity contribution in [3.8, 4) is 5.75 Å². The third-order valence-corrected chi connectivity index (χ3v) is 3.23. The number of benzene rings is 2. The van der Waals surface area contributed by atoms with Gasteiger partial charge in [0.1, 0.15) is 5.75 Å². The minimum absolute atomic E-state index is 0.151. The first-order valence-corrected chi connectivity index (χ1v) is 6.36. The summed E-state index contributed by atoms with van der Waals surface area (Å²) in [6.45, 7) is 1.72. The fourth-order valence-corrected chi connectivity index (χ4v) is 2.11. The Hall–Kier alpha value is -3.02. The van der Waals surface area contributed by atoms with Crippen LogP contribution in [-0.2, 0) is 0 Å². The molecule has 2 aromatic carbocycles. The van der Waals surface area contributed by atoms with Gasteiger partial charge in [-0.05, 0) is 48.9 Å². The fourth-order valence-electron chi connectivity index (χ4n) is 2.11. The van der Waals surface area contributed by atoms with Gasteiger partial charge in [0.25, 0.3) is 5.91 Å². The molecule has 3 rings (SSSR count). The number of aromatic nitrogens is 2. The van der Waals surface area contributed by atoms with E-state index in [-0.39, 0.29) is 17.3 Å². The molecule has 0 bridgehead atoms. The van der Waals surface area contributed by atoms with Gasteiger partial charge in [-0.1, -0.05) is 0 Å². The number of hydrogen-bond acceptors (Lipinski definition) is 3. The lowest BCUT2D eigenvalue weighted by Crippen LogP contribution is -2.11. The summed E-state index contributed by atoms with van der Waals surface area (Å²) in [6.07, 6.45) is 0. The van der Waals surface area contributed by atoms with Crippen molar-refractivity contribution in [2.75, 3.05) is 5.32 Å². The lowest BCUT2D eigenvalue weighted by molar-refractivity contribution is 0.102. The molecule has 6 nitrogen and oxygen atoms in total. The highest BCUT2D eigenvalue weighted by Gasteiger charge is 2.08. The molecule has 0 saturated heterocycles. The van der Waals surface area contributed by atoms with Gasteiger partial charge in [-0.15, -0.1) is 0 Å². The number of rotatable bonds is 2. The molecule has 21 heavy (non-hydrogen) atoms. The number of H-pyrrole nitrogens is 2. The summed E-state index contributed by atoms with van der Waals surface area (Å²) in [5, 5.41) is 12.2. The summed E-state index contributed by atoms with van der Waals surface area (Å²) < 4.78 is 0. The lowest BCUT2D eigenvalue weighted by atomic mass is 10.1. The maximum Gasteiger partial charge on any atom is 0.323 e. The van der Waals surface area contributed by atoms with E-state index in [1.54, 1.807) is 37.3 Å². The van der Waals surface area contributed by atoms with Crippen LogP contribution in [-0.4, -0.2) is 21.0 Å². The number of anilines is 1. The molecule has 3 aromatic rings. The van der Waals surface area contributed by atoms with Crippen molar-refractivity contribution in [2.24, 2.45) is 0 Å². The van der Waals surface area contributed by atoms with Crippen LogP contribution in [0.2, 0.25) is 0 Å². The molecule has 1 amide bonds. The molecule has 0 atom stereocenters. The number of imidazole rings is 1. The van der Waals surface area contributed by atoms with E-state index < -0.39 is 0 Å². The molecule has 1 aromatic heterocycles. The van der Waals surface area contributed by atoms with Gasteiger partial charge in [-0.2, -0.15) is 0 Å². The van der Waals surface area contributed by atoms with E-state index in [0.29, 0.717) is 27.8 Å². The largest absolute Gasteiger partial charge is 0.508 e. The minimum Gasteiger partial charge on any atom is -0.508 e. The molecule has 106 valence electrons. The van der Waals surface area contributed by atoms with E-state index in [1.807, 2.05) is 0 Å². The number of phenolic OH excluding ortho intramolecular Hbond substituents is 1. The third-order valence-electron chi connectivity index (χ3n) is 3.23. The number of fused-ring (bicyclic) bond motifs is 1. The maximum atomic E-state index is 12.1. The van der Waals surface area contributed by atoms with Gasteiger partial charge in [0.15, 0.2) is 0 Å². The molecule has 0 aliphatic rings. The Balaban J connectivity index is 1.88. The van der Waals surface area contributed by atoms with E-state index in [1.165, 1.54) is 6.07 Å². The van der Waals surface area contributed by atoms with Crippen LogP contribution in [0.5, 0.6) is 5.75 Å². The maximum absolute atomic E-state index is 12.1. The molecule has 0 radical (unpaired) electrons. The molecular weight excluding hydrogens is 270 g/mol. The van der Waals surface area contributed by atoms with Crippen molar-refractivity contribution < 1.29 is 9.90 Å². The van der Waals surface area contributed by atoms with Gasteiger partial charge in [0.05, 0.1) is 11.0 Å². The van der Waals surface area contributed by atoms with E-state index >= 15 is 0 Å². The quantitative estimate of drug-likeness (QED) is 0.580. The number of aromatic hydroxyl groups is 1. The Morgan fingerprint density at radius 3 is 2.62 bits per heavy atom. The minimum atomic E-state index is -0.289. The molecule has 0 unspecified atom stereocenters. The van der Waals surface area contributed by atoms with Crippen molar-refractivity contribution in [3.63, 3.8) is 0 Å². The average molecular weight is 283 g/mol. The zero-order chi connectivity index (χ0) is 15.0. The number of amides is 1. The van der Waals surface area contributed by atoms with Crippen molar-refractivity contribution in [1.29, 1.82) is 0 Å². The van der Waals surface area contributed by atoms with Crippen molar-refractivity contribution in [2.45, 2.75) is 6.92 Å². The fraction of sp³-hybridized carbons (Fsp3) is 0.0667. The van der Waals surface area contributed by atoms with Crippen LogP contribution in [0.25, 0.3) is 11.0 Å². The molecule has 0 saturated carbocycles. The third kappa shape index (κ3) is 2.51. The van der Waals surface area contributed by atoms with Crippen LogP contribution >= 0.6 is 0 Å². The van der Waals surface area contributed by atoms with E-state index in [9.17, 15) is 14.7 Å². The van der Waals surface area contributed by atoms with Crippen molar-refractivity contribution in [3.05, 3.63) is 58.0 Å². The molecular formula is C15H13N3O3. The van der Waals surface area contributed by atoms with Crippen LogP contribution in [0.4, 0.5) is 5.69 Å². The zero-order valence-electron chi connectivity index (χ0n) is 11.2. The summed E-state index contributed by atoms with van der Waals surface area (Å²) >= 11 is 0. The van der Waals surface area contributed by atoms with E-state index in [2.05, 4.69) is 15.3 Å². The summed E-state index contributed by atoms with van der Waals surface area (Å²) in [5.41, 5.74) is 2.68. The number of nitrogens with one attached hydrogen (secondary N) is 3. The first kappa shape index (κ1) is 13.0. The molecule has 0 aliphatic heterocycles. The van der Waals surface area contributed by atoms with Gasteiger partial charge >= 0.3 is 5.69 Å². The van der Waals surface area contributed by atoms with Crippen LogP contribution in [0.15, 0.2) is 41.2 Å². The standard InChI is InChI=1S/C15H13N3O3/c1-8-6-9(2-5-13(8)19)14(20)16-10-3-4-11-12(7-10)18-15(21)17-11/h2-7,19H,1H3,(H,16,20)(H2,17,18,21). The van der Waals surface area contributed by atoms with Gasteiger partial charge in [-0.3, -0.25) is 4.79 Å². The Morgan fingerprint density at radius 2 is 1.86 bits per heavy atom. The molecule has 0 aliphatic carbocycles. The lowest BCUT2D eigenvalue weighted by Gasteiger charge is -2.07. The number of hydrogen-bond donors (Lipinski definition) is 4. The Morgan fingerprint density at radius 1 is 1.10 bits per heavy atom. The van der Waals surface area contributed by atoms with E-state index in [4.69, 9.17) is 0 Å². The summed E-state index contributed by atoms with van der Waals surface area (Å²) in [5.74, 6) is -0.131. The van der Waals surface area contributed by atoms with Crippen LogP contribution in [0, 0.1) is 6.92 Å². The van der Waals surface area contributed by atoms with Gasteiger partial charge in [0, 0.05) is 11.3 Å². The zero-order valence-corrected chi connectivity index (χ0v) is 11.2. The monoisotopic (exact) mass is 283 g/mol. The van der Waals surface area contributed by atoms with Crippen molar-refractivity contribution in [1.82, 2.24) is 9.97 Å². The number of carbonyl (C=O) groups is 1. The van der Waals surface area contributed by atoms with Gasteiger partial charge in [0.2, 0.25) is 0 Å². The number of aryl methyl sites for hydroxylation is 1. The molecule has 1 heterocycles. The molecule has 0 spiro atoms. The van der Waals surface area contributed by atoms with Crippen molar-refractivity contribution >= 4 is 22.6 Å². The summed E-state index contributed by atoms with van der Waals surface area (Å²) in [7, 11) is 0. The predicted molar refractivity (Wildman–Crippen MR) is 79.7 cm³/mol. The van der Waals surface area contributed by atoms with Crippen LogP contribution in [0.3, 0.4) is 0 Å². The van der Waals surface area contributed by atoms with E-state index in [0.717, 1.165) is 0 Å². The smallest absolute Gasteiger partial charge is 0.323 e. The predicted octanol–water partition coefficient (Wildman–Crippen LogP) is 2.12. The average Bonchev–Trinajstić information content (AvgIpc) is 2.81. The molecule has 0 fully saturated rings. The summed E-state index contributed by atoms with van der Waals surface area (Å²) in [6, 6.07) is 9.74. The number of carbonyl (C=O) groups excluding carboxylic acids is 1. The Bertz CT molecular complexity index is 893. The molecule has 4 N–H and O–H groups in total. The van der Waals surface area contributed by atoms with Gasteiger partial charge in [-0.25, -0.2) is 4.79 Å². The molecule has 6 heteroatoms. The highest BCUT2D eigenvalue weighted by atomic mass is 16.3. The summed E-state index contributed by atoms with van der Waals surface area (Å²) in [4.78, 5) is 28.6. The number of aromatic amines is 2. The van der Waals surface area contributed by atoms with Gasteiger partial charge < -0.3 is 20.4 Å². The second-order valence-corrected chi connectivity index (χ2v) is 4.79. The second-order valence-electron chi connectivity index (χ2n) is 4.79. The second kappa shape index (κ2) is 4.82. The van der Waals surface area contributed by atoms with Crippen LogP contribution < -0.4 is 11.0 Å². The number of phenols is 1.